The molecule has 0 amide bonds. The Labute approximate surface area is 123 Å². The Balaban J connectivity index is 2.36. The van der Waals surface area contributed by atoms with Crippen LogP contribution < -0.4 is 10.2 Å². The molecule has 2 rings (SSSR count). The van der Waals surface area contributed by atoms with E-state index in [4.69, 9.17) is 0 Å². The van der Waals surface area contributed by atoms with E-state index in [1.165, 1.54) is 6.07 Å². The maximum atomic E-state index is 13.3. The Kier molecular flexibility index (Phi) is 4.21. The van der Waals surface area contributed by atoms with Crippen molar-refractivity contribution >= 4 is 21.6 Å². The van der Waals surface area contributed by atoms with Crippen LogP contribution in [0.3, 0.4) is 0 Å². The first-order valence-corrected chi connectivity index (χ1v) is 7.56. The fraction of sp³-hybridized carbons (Fsp3) is 0.600. The third kappa shape index (κ3) is 3.29. The Hall–Kier alpha value is -0.610. The van der Waals surface area contributed by atoms with Crippen molar-refractivity contribution < 1.29 is 4.39 Å². The van der Waals surface area contributed by atoms with Gasteiger partial charge < -0.3 is 10.2 Å². The summed E-state index contributed by atoms with van der Waals surface area (Å²) in [5.74, 6) is 0.340. The summed E-state index contributed by atoms with van der Waals surface area (Å²) < 4.78 is 14.1. The highest BCUT2D eigenvalue weighted by atomic mass is 79.9. The maximum Gasteiger partial charge on any atom is 0.124 e. The molecule has 0 bridgehead atoms. The summed E-state index contributed by atoms with van der Waals surface area (Å²) in [6, 6.07) is 5.37. The third-order valence-electron chi connectivity index (χ3n) is 3.74. The quantitative estimate of drug-likeness (QED) is 0.888. The highest BCUT2D eigenvalue weighted by Crippen LogP contribution is 2.33. The van der Waals surface area contributed by atoms with E-state index in [1.807, 2.05) is 6.07 Å². The molecule has 4 heteroatoms. The predicted molar refractivity (Wildman–Crippen MR) is 82.2 cm³/mol. The Morgan fingerprint density at radius 3 is 2.68 bits per heavy atom. The van der Waals surface area contributed by atoms with Gasteiger partial charge in [-0.3, -0.25) is 0 Å². The van der Waals surface area contributed by atoms with Crippen LogP contribution in [-0.4, -0.2) is 24.7 Å². The number of hydrogen-bond acceptors (Lipinski definition) is 2. The zero-order valence-corrected chi connectivity index (χ0v) is 13.6. The highest BCUT2D eigenvalue weighted by Gasteiger charge is 2.34. The molecule has 1 aliphatic heterocycles. The molecule has 1 aromatic rings. The lowest BCUT2D eigenvalue weighted by Gasteiger charge is -2.47. The number of anilines is 1. The van der Waals surface area contributed by atoms with Crippen LogP contribution in [0.25, 0.3) is 0 Å². The van der Waals surface area contributed by atoms with E-state index in [0.717, 1.165) is 23.2 Å². The molecule has 1 fully saturated rings. The first-order valence-electron chi connectivity index (χ1n) is 6.77. The van der Waals surface area contributed by atoms with Crippen molar-refractivity contribution in [3.8, 4) is 0 Å². The van der Waals surface area contributed by atoms with Crippen molar-refractivity contribution in [3.05, 3.63) is 28.5 Å². The van der Waals surface area contributed by atoms with E-state index in [2.05, 4.69) is 53.8 Å². The van der Waals surface area contributed by atoms with Crippen molar-refractivity contribution in [1.29, 1.82) is 0 Å². The minimum absolute atomic E-state index is 0.0687. The fourth-order valence-corrected chi connectivity index (χ4v) is 3.24. The summed E-state index contributed by atoms with van der Waals surface area (Å²) in [6.07, 6.45) is 0. The van der Waals surface area contributed by atoms with Gasteiger partial charge in [0.25, 0.3) is 0 Å². The lowest BCUT2D eigenvalue weighted by atomic mass is 9.92. The van der Waals surface area contributed by atoms with Crippen molar-refractivity contribution in [2.45, 2.75) is 39.3 Å². The molecule has 0 aromatic heterocycles. The highest BCUT2D eigenvalue weighted by molar-refractivity contribution is 9.10. The van der Waals surface area contributed by atoms with Gasteiger partial charge >= 0.3 is 0 Å². The third-order valence-corrected chi connectivity index (χ3v) is 4.38. The standard InChI is InChI=1S/C15H22BrFN2/c1-10(2)14-8-18-15(3,4)9-19(14)13-6-5-11(17)7-12(13)16/h5-7,10,14,18H,8-9H2,1-4H3. The van der Waals surface area contributed by atoms with Gasteiger partial charge in [0, 0.05) is 29.1 Å². The molecular weight excluding hydrogens is 307 g/mol. The Morgan fingerprint density at radius 2 is 2.11 bits per heavy atom. The Morgan fingerprint density at radius 1 is 1.42 bits per heavy atom. The number of nitrogens with one attached hydrogen (secondary N) is 1. The second kappa shape index (κ2) is 5.41. The van der Waals surface area contributed by atoms with E-state index in [1.54, 1.807) is 6.07 Å². The molecule has 1 N–H and O–H groups in total. The molecule has 19 heavy (non-hydrogen) atoms. The number of piperazine rings is 1. The van der Waals surface area contributed by atoms with E-state index in [-0.39, 0.29) is 11.4 Å². The van der Waals surface area contributed by atoms with Crippen LogP contribution in [0, 0.1) is 11.7 Å². The van der Waals surface area contributed by atoms with Gasteiger partial charge in [-0.05, 0) is 53.9 Å². The van der Waals surface area contributed by atoms with Crippen LogP contribution in [0.15, 0.2) is 22.7 Å². The average molecular weight is 329 g/mol. The first kappa shape index (κ1) is 14.8. The molecule has 1 atom stereocenters. The van der Waals surface area contributed by atoms with Gasteiger partial charge in [-0.2, -0.15) is 0 Å². The molecule has 1 heterocycles. The summed E-state index contributed by atoms with van der Waals surface area (Å²) in [4.78, 5) is 2.39. The predicted octanol–water partition coefficient (Wildman–Crippen LogP) is 3.80. The zero-order chi connectivity index (χ0) is 14.2. The summed E-state index contributed by atoms with van der Waals surface area (Å²) in [5.41, 5.74) is 1.15. The van der Waals surface area contributed by atoms with Gasteiger partial charge in [-0.15, -0.1) is 0 Å². The smallest absolute Gasteiger partial charge is 0.124 e. The van der Waals surface area contributed by atoms with E-state index < -0.39 is 0 Å². The van der Waals surface area contributed by atoms with Crippen molar-refractivity contribution in [3.63, 3.8) is 0 Å². The van der Waals surface area contributed by atoms with Crippen LogP contribution in [-0.2, 0) is 0 Å². The van der Waals surface area contributed by atoms with E-state index in [0.29, 0.717) is 12.0 Å². The van der Waals surface area contributed by atoms with Gasteiger partial charge in [0.2, 0.25) is 0 Å². The molecule has 1 unspecified atom stereocenters. The molecule has 0 spiro atoms. The number of rotatable bonds is 2. The molecule has 1 aliphatic rings. The average Bonchev–Trinajstić information content (AvgIpc) is 2.27. The van der Waals surface area contributed by atoms with Crippen LogP contribution in [0.5, 0.6) is 0 Å². The molecule has 106 valence electrons. The zero-order valence-electron chi connectivity index (χ0n) is 12.0. The van der Waals surface area contributed by atoms with Gasteiger partial charge in [0.15, 0.2) is 0 Å². The summed E-state index contributed by atoms with van der Waals surface area (Å²) in [7, 11) is 0. The lowest BCUT2D eigenvalue weighted by Crippen LogP contribution is -2.63. The van der Waals surface area contributed by atoms with Crippen LogP contribution in [0.4, 0.5) is 10.1 Å². The summed E-state index contributed by atoms with van der Waals surface area (Å²) in [5, 5.41) is 3.59. The number of halogens is 2. The number of hydrogen-bond donors (Lipinski definition) is 1. The molecular formula is C15H22BrFN2. The van der Waals surface area contributed by atoms with Gasteiger partial charge in [0.1, 0.15) is 5.82 Å². The summed E-state index contributed by atoms with van der Waals surface area (Å²) in [6.45, 7) is 10.7. The second-order valence-corrected chi connectivity index (χ2v) is 7.15. The van der Waals surface area contributed by atoms with Crippen molar-refractivity contribution in [1.82, 2.24) is 5.32 Å². The van der Waals surface area contributed by atoms with E-state index in [9.17, 15) is 4.39 Å². The minimum Gasteiger partial charge on any atom is -0.364 e. The van der Waals surface area contributed by atoms with Crippen LogP contribution in [0.1, 0.15) is 27.7 Å². The molecule has 1 saturated heterocycles. The van der Waals surface area contributed by atoms with Gasteiger partial charge in [-0.25, -0.2) is 4.39 Å². The fourth-order valence-electron chi connectivity index (χ4n) is 2.66. The normalized spacial score (nSPS) is 22.9. The van der Waals surface area contributed by atoms with Crippen LogP contribution >= 0.6 is 15.9 Å². The lowest BCUT2D eigenvalue weighted by molar-refractivity contribution is 0.277. The SMILES string of the molecule is CC(C)C1CNC(C)(C)CN1c1ccc(F)cc1Br. The van der Waals surface area contributed by atoms with Crippen LogP contribution in [0.2, 0.25) is 0 Å². The second-order valence-electron chi connectivity index (χ2n) is 6.30. The maximum absolute atomic E-state index is 13.3. The Bertz CT molecular complexity index is 459. The number of benzene rings is 1. The molecule has 0 saturated carbocycles. The molecule has 0 radical (unpaired) electrons. The summed E-state index contributed by atoms with van der Waals surface area (Å²) >= 11 is 3.49. The van der Waals surface area contributed by atoms with Crippen molar-refractivity contribution in [2.75, 3.05) is 18.0 Å². The topological polar surface area (TPSA) is 15.3 Å². The van der Waals surface area contributed by atoms with E-state index >= 15 is 0 Å². The largest absolute Gasteiger partial charge is 0.364 e. The van der Waals surface area contributed by atoms with Gasteiger partial charge in [-0.1, -0.05) is 13.8 Å². The van der Waals surface area contributed by atoms with Crippen molar-refractivity contribution in [2.24, 2.45) is 5.92 Å². The molecule has 0 aliphatic carbocycles. The first-order chi connectivity index (χ1) is 8.80. The molecule has 1 aromatic carbocycles. The van der Waals surface area contributed by atoms with Gasteiger partial charge in [0.05, 0.1) is 5.69 Å². The number of nitrogens with zero attached hydrogens (tertiary/aromatic N) is 1. The molecule has 2 nitrogen and oxygen atoms in total. The monoisotopic (exact) mass is 328 g/mol. The minimum atomic E-state index is -0.203.